The number of amides is 1. The van der Waals surface area contributed by atoms with Gasteiger partial charge in [0, 0.05) is 6.54 Å². The highest BCUT2D eigenvalue weighted by molar-refractivity contribution is 5.67. The lowest BCUT2D eigenvalue weighted by molar-refractivity contribution is 0.0129. The van der Waals surface area contributed by atoms with Gasteiger partial charge in [-0.1, -0.05) is 38.1 Å². The Hall–Kier alpha value is -1.59. The van der Waals surface area contributed by atoms with Crippen molar-refractivity contribution in [3.63, 3.8) is 0 Å². The van der Waals surface area contributed by atoms with Gasteiger partial charge in [0.1, 0.15) is 17.8 Å². The number of carbonyl (C=O) groups excluding carboxylic acids is 1. The Bertz CT molecular complexity index is 491. The molecular weight excluding hydrogens is 294 g/mol. The molecule has 1 aromatic rings. The maximum atomic E-state index is 11.5. The second-order valence-electron chi connectivity index (χ2n) is 7.23. The van der Waals surface area contributed by atoms with Gasteiger partial charge in [-0.25, -0.2) is 4.79 Å². The van der Waals surface area contributed by atoms with Gasteiger partial charge in [-0.15, -0.1) is 0 Å². The van der Waals surface area contributed by atoms with Crippen molar-refractivity contribution in [3.05, 3.63) is 35.4 Å². The van der Waals surface area contributed by atoms with Crippen LogP contribution in [0.5, 0.6) is 0 Å². The Morgan fingerprint density at radius 3 is 2.22 bits per heavy atom. The molecule has 0 spiro atoms. The minimum Gasteiger partial charge on any atom is -0.444 e. The fourth-order valence-electron chi connectivity index (χ4n) is 2.16. The molecule has 2 unspecified atom stereocenters. The molecule has 3 N–H and O–H groups in total. The average Bonchev–Trinajstić information content (AvgIpc) is 2.42. The molecule has 0 aromatic heterocycles. The van der Waals surface area contributed by atoms with E-state index >= 15 is 0 Å². The molecule has 5 nitrogen and oxygen atoms in total. The van der Waals surface area contributed by atoms with Crippen LogP contribution in [0.2, 0.25) is 0 Å². The monoisotopic (exact) mass is 323 g/mol. The van der Waals surface area contributed by atoms with Gasteiger partial charge >= 0.3 is 6.09 Å². The zero-order valence-corrected chi connectivity index (χ0v) is 14.7. The fourth-order valence-corrected chi connectivity index (χ4v) is 2.16. The summed E-state index contributed by atoms with van der Waals surface area (Å²) in [6.45, 7) is 9.50. The summed E-state index contributed by atoms with van der Waals surface area (Å²) in [4.78, 5) is 11.5. The van der Waals surface area contributed by atoms with Gasteiger partial charge in [0.25, 0.3) is 0 Å². The molecule has 0 aliphatic carbocycles. The molecule has 1 rings (SSSR count). The Morgan fingerprint density at radius 1 is 1.17 bits per heavy atom. The maximum absolute atomic E-state index is 11.5. The number of aliphatic hydroxyl groups is 2. The summed E-state index contributed by atoms with van der Waals surface area (Å²) in [7, 11) is 0. The summed E-state index contributed by atoms with van der Waals surface area (Å²) in [5.41, 5.74) is 1.22. The highest BCUT2D eigenvalue weighted by atomic mass is 16.6. The number of aliphatic hydroxyl groups excluding tert-OH is 2. The van der Waals surface area contributed by atoms with E-state index < -0.39 is 23.9 Å². The van der Waals surface area contributed by atoms with Gasteiger partial charge in [-0.3, -0.25) is 0 Å². The van der Waals surface area contributed by atoms with Gasteiger partial charge in [0.2, 0.25) is 0 Å². The molecule has 2 atom stereocenters. The number of alkyl carbamates (subject to hydrolysis) is 1. The molecule has 0 radical (unpaired) electrons. The first-order chi connectivity index (χ1) is 10.6. The van der Waals surface area contributed by atoms with Gasteiger partial charge in [-0.05, 0) is 44.2 Å². The van der Waals surface area contributed by atoms with E-state index in [1.807, 2.05) is 12.1 Å². The summed E-state index contributed by atoms with van der Waals surface area (Å²) in [6.07, 6.45) is -1.80. The number of hydrogen-bond donors (Lipinski definition) is 3. The lowest BCUT2D eigenvalue weighted by Gasteiger charge is -2.22. The Balaban J connectivity index is 2.52. The summed E-state index contributed by atoms with van der Waals surface area (Å²) < 4.78 is 5.08. The smallest absolute Gasteiger partial charge is 0.407 e. The third-order valence-electron chi connectivity index (χ3n) is 3.18. The number of benzene rings is 1. The van der Waals surface area contributed by atoms with Gasteiger partial charge in [0.05, 0.1) is 0 Å². The van der Waals surface area contributed by atoms with Crippen LogP contribution in [-0.2, 0) is 11.2 Å². The van der Waals surface area contributed by atoms with Gasteiger partial charge < -0.3 is 20.3 Å². The van der Waals surface area contributed by atoms with Crippen molar-refractivity contribution in [1.82, 2.24) is 5.32 Å². The molecule has 130 valence electrons. The molecule has 0 aliphatic heterocycles. The van der Waals surface area contributed by atoms with Crippen molar-refractivity contribution in [2.75, 3.05) is 6.54 Å². The summed E-state index contributed by atoms with van der Waals surface area (Å²) >= 11 is 0. The van der Waals surface area contributed by atoms with Crippen molar-refractivity contribution in [2.45, 2.75) is 58.8 Å². The molecule has 0 saturated heterocycles. The maximum Gasteiger partial charge on any atom is 0.407 e. The van der Waals surface area contributed by atoms with Crippen LogP contribution in [0.4, 0.5) is 4.79 Å². The molecule has 1 aromatic carbocycles. The molecule has 0 saturated carbocycles. The van der Waals surface area contributed by atoms with Crippen LogP contribution in [0.3, 0.4) is 0 Å². The minimum absolute atomic E-state index is 0.0795. The van der Waals surface area contributed by atoms with E-state index in [1.165, 1.54) is 5.56 Å². The average molecular weight is 323 g/mol. The third kappa shape index (κ3) is 7.48. The van der Waals surface area contributed by atoms with Crippen LogP contribution < -0.4 is 5.32 Å². The van der Waals surface area contributed by atoms with Crippen molar-refractivity contribution in [3.8, 4) is 0 Å². The summed E-state index contributed by atoms with van der Waals surface area (Å²) in [5.74, 6) is 0.564. The van der Waals surface area contributed by atoms with E-state index in [0.29, 0.717) is 11.5 Å². The van der Waals surface area contributed by atoms with Crippen LogP contribution in [-0.4, -0.2) is 34.6 Å². The summed E-state index contributed by atoms with van der Waals surface area (Å²) in [6, 6.07) is 7.51. The molecule has 23 heavy (non-hydrogen) atoms. The quantitative estimate of drug-likeness (QED) is 0.752. The number of hydrogen-bond acceptors (Lipinski definition) is 4. The predicted octanol–water partition coefficient (Wildman–Crippen LogP) is 2.80. The van der Waals surface area contributed by atoms with Crippen LogP contribution in [0.1, 0.15) is 51.8 Å². The van der Waals surface area contributed by atoms with Crippen LogP contribution >= 0.6 is 0 Å². The number of rotatable bonds is 6. The zero-order valence-electron chi connectivity index (χ0n) is 14.7. The normalized spacial score (nSPS) is 14.4. The molecule has 0 heterocycles. The van der Waals surface area contributed by atoms with E-state index in [4.69, 9.17) is 4.74 Å². The van der Waals surface area contributed by atoms with Crippen LogP contribution in [0.15, 0.2) is 24.3 Å². The number of carbonyl (C=O) groups is 1. The van der Waals surface area contributed by atoms with Crippen LogP contribution in [0.25, 0.3) is 0 Å². The first-order valence-corrected chi connectivity index (χ1v) is 8.00. The molecule has 0 fully saturated rings. The van der Waals surface area contributed by atoms with E-state index in [-0.39, 0.29) is 6.54 Å². The fraction of sp³-hybridized carbons (Fsp3) is 0.611. The lowest BCUT2D eigenvalue weighted by atomic mass is 9.98. The lowest BCUT2D eigenvalue weighted by Crippen LogP contribution is -2.38. The SMILES string of the molecule is CC(C)Cc1ccc(C(O)C(O)CNC(=O)OC(C)(C)C)cc1. The van der Waals surface area contributed by atoms with E-state index in [9.17, 15) is 15.0 Å². The van der Waals surface area contributed by atoms with Crippen molar-refractivity contribution in [2.24, 2.45) is 5.92 Å². The minimum atomic E-state index is -1.10. The summed E-state index contributed by atoms with van der Waals surface area (Å²) in [5, 5.41) is 22.6. The van der Waals surface area contributed by atoms with Gasteiger partial charge in [-0.2, -0.15) is 0 Å². The molecule has 5 heteroatoms. The highest BCUT2D eigenvalue weighted by Gasteiger charge is 2.21. The molecule has 0 bridgehead atoms. The van der Waals surface area contributed by atoms with E-state index in [1.54, 1.807) is 32.9 Å². The Morgan fingerprint density at radius 2 is 1.74 bits per heavy atom. The van der Waals surface area contributed by atoms with Gasteiger partial charge in [0.15, 0.2) is 0 Å². The van der Waals surface area contributed by atoms with Crippen molar-refractivity contribution in [1.29, 1.82) is 0 Å². The van der Waals surface area contributed by atoms with E-state index in [0.717, 1.165) is 6.42 Å². The first-order valence-electron chi connectivity index (χ1n) is 8.00. The molecule has 0 aliphatic rings. The first kappa shape index (κ1) is 19.5. The van der Waals surface area contributed by atoms with Crippen molar-refractivity contribution < 1.29 is 19.7 Å². The zero-order chi connectivity index (χ0) is 17.6. The van der Waals surface area contributed by atoms with Crippen LogP contribution in [0, 0.1) is 5.92 Å². The highest BCUT2D eigenvalue weighted by Crippen LogP contribution is 2.18. The topological polar surface area (TPSA) is 78.8 Å². The Kier molecular flexibility index (Phi) is 7.03. The second kappa shape index (κ2) is 8.31. The number of nitrogens with one attached hydrogen (secondary N) is 1. The van der Waals surface area contributed by atoms with E-state index in [2.05, 4.69) is 19.2 Å². The number of ether oxygens (including phenoxy) is 1. The van der Waals surface area contributed by atoms with Crippen molar-refractivity contribution >= 4 is 6.09 Å². The largest absolute Gasteiger partial charge is 0.444 e. The predicted molar refractivity (Wildman–Crippen MR) is 90.2 cm³/mol. The second-order valence-corrected chi connectivity index (χ2v) is 7.23. The molecular formula is C18H29NO4. The molecule has 1 amide bonds. The Labute approximate surface area is 138 Å². The third-order valence-corrected chi connectivity index (χ3v) is 3.18. The standard InChI is InChI=1S/C18H29NO4/c1-12(2)10-13-6-8-14(9-7-13)16(21)15(20)11-19-17(22)23-18(3,4)5/h6-9,12,15-16,20-21H,10-11H2,1-5H3,(H,19,22).